The van der Waals surface area contributed by atoms with Gasteiger partial charge in [0.2, 0.25) is 0 Å². The number of hydrogen-bond acceptors (Lipinski definition) is 7. The monoisotopic (exact) mass is 464 g/mol. The highest BCUT2D eigenvalue weighted by Crippen LogP contribution is 2.35. The van der Waals surface area contributed by atoms with Crippen molar-refractivity contribution in [1.82, 2.24) is 23.4 Å². The van der Waals surface area contributed by atoms with Gasteiger partial charge < -0.3 is 9.67 Å². The summed E-state index contributed by atoms with van der Waals surface area (Å²) >= 11 is 0. The molecule has 1 saturated heterocycles. The molecular formula is C23H24N6O3S. The second-order valence-corrected chi connectivity index (χ2v) is 10.2. The van der Waals surface area contributed by atoms with E-state index < -0.39 is 16.1 Å². The number of imidazole rings is 1. The second kappa shape index (κ2) is 7.95. The maximum atomic E-state index is 13.3. The molecule has 0 bridgehead atoms. The number of fused-ring (bicyclic) bond motifs is 3. The Morgan fingerprint density at radius 3 is 2.67 bits per heavy atom. The number of rotatable bonds is 5. The largest absolute Gasteiger partial charge is 0.385 e. The molecule has 3 atom stereocenters. The normalized spacial score (nSPS) is 19.2. The number of pyridine rings is 1. The van der Waals surface area contributed by atoms with Gasteiger partial charge in [-0.05, 0) is 38.5 Å². The van der Waals surface area contributed by atoms with Crippen molar-refractivity contribution in [1.29, 1.82) is 5.26 Å². The van der Waals surface area contributed by atoms with E-state index in [2.05, 4.69) is 20.9 Å². The Morgan fingerprint density at radius 2 is 1.97 bits per heavy atom. The lowest BCUT2D eigenvalue weighted by Crippen LogP contribution is -2.30. The molecule has 0 radical (unpaired) electrons. The summed E-state index contributed by atoms with van der Waals surface area (Å²) in [7, 11) is -3.82. The Labute approximate surface area is 191 Å². The van der Waals surface area contributed by atoms with E-state index in [4.69, 9.17) is 0 Å². The van der Waals surface area contributed by atoms with Crippen molar-refractivity contribution in [2.24, 2.45) is 0 Å². The molecule has 170 valence electrons. The molecule has 1 aliphatic heterocycles. The van der Waals surface area contributed by atoms with Crippen LogP contribution in [-0.2, 0) is 10.0 Å². The fourth-order valence-electron chi connectivity index (χ4n) is 4.64. The molecule has 1 aromatic carbocycles. The molecule has 0 saturated carbocycles. The molecule has 1 unspecified atom stereocenters. The number of aliphatic hydroxyl groups is 1. The van der Waals surface area contributed by atoms with E-state index in [0.717, 1.165) is 18.5 Å². The summed E-state index contributed by atoms with van der Waals surface area (Å²) in [6, 6.07) is 12.0. The Kier molecular flexibility index (Phi) is 5.20. The standard InChI is InChI=1S/C23H24N6O3S/c1-15(12-24)27-10-8-17(14-27)29-21-19-9-11-28(33(31,32)18-6-4-3-5-7-18)23(19)25-13-20(21)26-22(29)16(2)30/h3-7,9,11,13,15-17,30H,8,10,14H2,1-2H3/t15-,16+,17?/m0/s1. The molecule has 1 N–H and O–H groups in total. The lowest BCUT2D eigenvalue weighted by molar-refractivity contribution is 0.181. The van der Waals surface area contributed by atoms with Crippen molar-refractivity contribution in [3.05, 3.63) is 54.6 Å². The average molecular weight is 465 g/mol. The molecular weight excluding hydrogens is 440 g/mol. The zero-order valence-corrected chi connectivity index (χ0v) is 19.1. The van der Waals surface area contributed by atoms with Crippen LogP contribution in [0.2, 0.25) is 0 Å². The van der Waals surface area contributed by atoms with Crippen LogP contribution in [0.5, 0.6) is 0 Å². The predicted octanol–water partition coefficient (Wildman–Crippen LogP) is 2.84. The van der Waals surface area contributed by atoms with E-state index in [-0.39, 0.29) is 17.0 Å². The highest BCUT2D eigenvalue weighted by Gasteiger charge is 2.32. The lowest BCUT2D eigenvalue weighted by Gasteiger charge is -2.21. The van der Waals surface area contributed by atoms with Crippen LogP contribution < -0.4 is 0 Å². The van der Waals surface area contributed by atoms with E-state index in [1.165, 1.54) is 10.2 Å². The van der Waals surface area contributed by atoms with Gasteiger partial charge in [0.25, 0.3) is 10.0 Å². The van der Waals surface area contributed by atoms with Crippen molar-refractivity contribution in [3.8, 4) is 6.07 Å². The topological polar surface area (TPSA) is 117 Å². The average Bonchev–Trinajstić information content (AvgIpc) is 3.54. The number of aromatic nitrogens is 4. The van der Waals surface area contributed by atoms with Gasteiger partial charge in [-0.2, -0.15) is 5.26 Å². The maximum absolute atomic E-state index is 13.3. The van der Waals surface area contributed by atoms with Crippen LogP contribution >= 0.6 is 0 Å². The molecule has 33 heavy (non-hydrogen) atoms. The maximum Gasteiger partial charge on any atom is 0.269 e. The van der Waals surface area contributed by atoms with Crippen molar-refractivity contribution in [2.45, 2.75) is 43.4 Å². The van der Waals surface area contributed by atoms with Crippen molar-refractivity contribution >= 4 is 32.1 Å². The third kappa shape index (κ3) is 3.40. The molecule has 4 aromatic rings. The molecule has 1 aliphatic rings. The fourth-order valence-corrected chi connectivity index (χ4v) is 5.96. The molecule has 10 heteroatoms. The first-order valence-corrected chi connectivity index (χ1v) is 12.3. The SMILES string of the molecule is C[C@@H](O)c1nc2cnc3c(ccn3S(=O)(=O)c3ccccc3)c2n1C1CCN([C@@H](C)C#N)C1. The summed E-state index contributed by atoms with van der Waals surface area (Å²) in [6.45, 7) is 4.95. The minimum Gasteiger partial charge on any atom is -0.385 e. The Balaban J connectivity index is 1.70. The van der Waals surface area contributed by atoms with Crippen molar-refractivity contribution < 1.29 is 13.5 Å². The van der Waals surface area contributed by atoms with Crippen LogP contribution in [0.25, 0.3) is 22.1 Å². The van der Waals surface area contributed by atoms with Gasteiger partial charge in [-0.15, -0.1) is 0 Å². The van der Waals surface area contributed by atoms with Gasteiger partial charge in [-0.25, -0.2) is 22.4 Å². The smallest absolute Gasteiger partial charge is 0.269 e. The van der Waals surface area contributed by atoms with Gasteiger partial charge in [0.15, 0.2) is 5.65 Å². The highest BCUT2D eigenvalue weighted by molar-refractivity contribution is 7.90. The number of benzene rings is 1. The molecule has 0 spiro atoms. The van der Waals surface area contributed by atoms with Crippen LogP contribution in [0.1, 0.15) is 38.2 Å². The minimum atomic E-state index is -3.82. The highest BCUT2D eigenvalue weighted by atomic mass is 32.2. The fraction of sp³-hybridized carbons (Fsp3) is 0.348. The molecule has 9 nitrogen and oxygen atoms in total. The summed E-state index contributed by atoms with van der Waals surface area (Å²) in [4.78, 5) is 11.3. The van der Waals surface area contributed by atoms with Crippen molar-refractivity contribution in [2.75, 3.05) is 13.1 Å². The number of hydrogen-bond donors (Lipinski definition) is 1. The lowest BCUT2D eigenvalue weighted by atomic mass is 10.2. The van der Waals surface area contributed by atoms with Gasteiger partial charge in [-0.3, -0.25) is 4.90 Å². The third-order valence-corrected chi connectivity index (χ3v) is 8.00. The zero-order valence-electron chi connectivity index (χ0n) is 18.3. The number of nitriles is 1. The Hall–Kier alpha value is -3.26. The minimum absolute atomic E-state index is 0.00456. The van der Waals surface area contributed by atoms with Gasteiger partial charge >= 0.3 is 0 Å². The summed E-state index contributed by atoms with van der Waals surface area (Å²) < 4.78 is 29.7. The number of likely N-dealkylation sites (tertiary alicyclic amines) is 1. The van der Waals surface area contributed by atoms with Crippen LogP contribution in [0, 0.1) is 11.3 Å². The molecule has 0 aliphatic carbocycles. The van der Waals surface area contributed by atoms with Gasteiger partial charge in [0.1, 0.15) is 17.4 Å². The van der Waals surface area contributed by atoms with Crippen LogP contribution in [0.15, 0.2) is 53.7 Å². The molecule has 3 aromatic heterocycles. The molecule has 0 amide bonds. The quantitative estimate of drug-likeness (QED) is 0.483. The predicted molar refractivity (Wildman–Crippen MR) is 123 cm³/mol. The molecule has 5 rings (SSSR count). The van der Waals surface area contributed by atoms with E-state index in [9.17, 15) is 18.8 Å². The van der Waals surface area contributed by atoms with E-state index in [1.54, 1.807) is 49.5 Å². The van der Waals surface area contributed by atoms with E-state index in [1.807, 2.05) is 11.5 Å². The Bertz CT molecular complexity index is 1480. The van der Waals surface area contributed by atoms with Crippen LogP contribution in [0.3, 0.4) is 0 Å². The first-order valence-electron chi connectivity index (χ1n) is 10.8. The van der Waals surface area contributed by atoms with E-state index in [0.29, 0.717) is 28.9 Å². The van der Waals surface area contributed by atoms with Crippen molar-refractivity contribution in [3.63, 3.8) is 0 Å². The van der Waals surface area contributed by atoms with Crippen LogP contribution in [-0.4, -0.2) is 56.1 Å². The van der Waals surface area contributed by atoms with Gasteiger partial charge in [-0.1, -0.05) is 18.2 Å². The summed E-state index contributed by atoms with van der Waals surface area (Å²) in [5.74, 6) is 0.509. The summed E-state index contributed by atoms with van der Waals surface area (Å²) in [6.07, 6.45) is 3.05. The second-order valence-electron chi connectivity index (χ2n) is 8.42. The molecule has 4 heterocycles. The first kappa shape index (κ1) is 21.6. The number of aliphatic hydroxyl groups excluding tert-OH is 1. The third-order valence-electron chi connectivity index (χ3n) is 6.32. The zero-order chi connectivity index (χ0) is 23.3. The van der Waals surface area contributed by atoms with Gasteiger partial charge in [0.05, 0.1) is 28.7 Å². The Morgan fingerprint density at radius 1 is 1.21 bits per heavy atom. The number of nitrogens with zero attached hydrogens (tertiary/aromatic N) is 6. The molecule has 1 fully saturated rings. The summed E-state index contributed by atoms with van der Waals surface area (Å²) in [5, 5.41) is 20.4. The summed E-state index contributed by atoms with van der Waals surface area (Å²) in [5.41, 5.74) is 1.65. The van der Waals surface area contributed by atoms with Gasteiger partial charge in [0, 0.05) is 30.7 Å². The first-order chi connectivity index (χ1) is 15.8. The van der Waals surface area contributed by atoms with Crippen LogP contribution in [0.4, 0.5) is 0 Å². The van der Waals surface area contributed by atoms with E-state index >= 15 is 0 Å².